The number of hydroxylamine groups is 2. The fraction of sp³-hybridized carbons (Fsp3) is 0.571. The molecule has 1 aromatic rings. The molecule has 2 heterocycles. The number of hydrogen-bond acceptors (Lipinski definition) is 3. The molecule has 0 spiro atoms. The molecule has 0 radical (unpaired) electrons. The van der Waals surface area contributed by atoms with Crippen LogP contribution in [-0.4, -0.2) is 24.8 Å². The summed E-state index contributed by atoms with van der Waals surface area (Å²) >= 11 is 0. The average molecular weight is 233 g/mol. The second kappa shape index (κ2) is 4.31. The van der Waals surface area contributed by atoms with Crippen LogP contribution in [0, 0.1) is 6.92 Å². The second-order valence-electron chi connectivity index (χ2n) is 4.96. The van der Waals surface area contributed by atoms with Crippen LogP contribution >= 0.6 is 0 Å². The van der Waals surface area contributed by atoms with Crippen molar-refractivity contribution >= 4 is 0 Å². The highest BCUT2D eigenvalue weighted by molar-refractivity contribution is 5.41. The topological polar surface area (TPSA) is 21.7 Å². The van der Waals surface area contributed by atoms with Gasteiger partial charge >= 0.3 is 0 Å². The van der Waals surface area contributed by atoms with E-state index in [0.717, 1.165) is 18.7 Å². The van der Waals surface area contributed by atoms with Gasteiger partial charge in [-0.15, -0.1) is 0 Å². The normalized spacial score (nSPS) is 28.4. The van der Waals surface area contributed by atoms with Crippen molar-refractivity contribution in [2.75, 3.05) is 13.7 Å². The van der Waals surface area contributed by atoms with E-state index < -0.39 is 0 Å². The number of methoxy groups -OCH3 is 1. The quantitative estimate of drug-likeness (QED) is 0.784. The maximum Gasteiger partial charge on any atom is 0.125 e. The first-order valence-electron chi connectivity index (χ1n) is 6.36. The van der Waals surface area contributed by atoms with E-state index in [4.69, 9.17) is 9.57 Å². The van der Waals surface area contributed by atoms with Gasteiger partial charge in [-0.25, -0.2) is 0 Å². The minimum atomic E-state index is 0.177. The molecular formula is C14H19NO2. The molecule has 17 heavy (non-hydrogen) atoms. The van der Waals surface area contributed by atoms with Crippen LogP contribution in [0.25, 0.3) is 0 Å². The van der Waals surface area contributed by atoms with Crippen LogP contribution in [0.3, 0.4) is 0 Å². The molecule has 0 unspecified atom stereocenters. The van der Waals surface area contributed by atoms with Gasteiger partial charge in [-0.1, -0.05) is 12.1 Å². The van der Waals surface area contributed by atoms with E-state index in [2.05, 4.69) is 18.1 Å². The van der Waals surface area contributed by atoms with Gasteiger partial charge in [-0.2, -0.15) is 5.06 Å². The zero-order valence-electron chi connectivity index (χ0n) is 10.5. The Bertz CT molecular complexity index is 407. The lowest BCUT2D eigenvalue weighted by molar-refractivity contribution is -0.149. The molecule has 2 aliphatic heterocycles. The molecule has 0 bridgehead atoms. The van der Waals surface area contributed by atoms with Gasteiger partial charge in [-0.3, -0.25) is 4.84 Å². The highest BCUT2D eigenvalue weighted by Crippen LogP contribution is 2.42. The van der Waals surface area contributed by atoms with E-state index in [0.29, 0.717) is 6.04 Å². The Hall–Kier alpha value is -1.06. The summed E-state index contributed by atoms with van der Waals surface area (Å²) in [5.74, 6) is 0.955. The lowest BCUT2D eigenvalue weighted by Crippen LogP contribution is -2.20. The molecule has 2 fully saturated rings. The van der Waals surface area contributed by atoms with E-state index in [1.54, 1.807) is 7.11 Å². The van der Waals surface area contributed by atoms with Crippen LogP contribution in [0.5, 0.6) is 5.75 Å². The zero-order valence-corrected chi connectivity index (χ0v) is 10.5. The molecule has 92 valence electrons. The number of ether oxygens (including phenoxy) is 1. The third-order valence-electron chi connectivity index (χ3n) is 3.90. The number of nitrogens with zero attached hydrogens (tertiary/aromatic N) is 1. The number of rotatable bonds is 2. The van der Waals surface area contributed by atoms with Gasteiger partial charge in [0.05, 0.1) is 7.11 Å². The van der Waals surface area contributed by atoms with Gasteiger partial charge in [0.1, 0.15) is 11.9 Å². The standard InChI is InChI=1S/C14H19NO2/c1-10-5-3-7-12(16-2)14(10)13-9-11-6-4-8-15(11)17-13/h3,5,7,11,13H,4,6,8-9H2,1-2H3/t11-,13-/m0/s1. The predicted molar refractivity (Wildman–Crippen MR) is 65.9 cm³/mol. The van der Waals surface area contributed by atoms with Crippen LogP contribution in [0.2, 0.25) is 0 Å². The molecule has 3 rings (SSSR count). The van der Waals surface area contributed by atoms with E-state index in [-0.39, 0.29) is 6.10 Å². The van der Waals surface area contributed by atoms with Crippen LogP contribution < -0.4 is 4.74 Å². The zero-order chi connectivity index (χ0) is 11.8. The lowest BCUT2D eigenvalue weighted by Gasteiger charge is -2.18. The Balaban J connectivity index is 1.90. The van der Waals surface area contributed by atoms with E-state index in [1.807, 2.05) is 12.1 Å². The summed E-state index contributed by atoms with van der Waals surface area (Å²) in [7, 11) is 1.73. The number of hydrogen-bond donors (Lipinski definition) is 0. The van der Waals surface area contributed by atoms with Crippen molar-refractivity contribution < 1.29 is 9.57 Å². The van der Waals surface area contributed by atoms with Crippen molar-refractivity contribution in [1.29, 1.82) is 0 Å². The summed E-state index contributed by atoms with van der Waals surface area (Å²) in [6.07, 6.45) is 3.81. The molecule has 2 saturated heterocycles. The largest absolute Gasteiger partial charge is 0.496 e. The van der Waals surface area contributed by atoms with Crippen LogP contribution in [-0.2, 0) is 4.84 Å². The van der Waals surface area contributed by atoms with Gasteiger partial charge < -0.3 is 4.74 Å². The molecule has 0 aliphatic carbocycles. The summed E-state index contributed by atoms with van der Waals surface area (Å²) < 4.78 is 5.46. The first-order chi connectivity index (χ1) is 8.29. The molecule has 2 atom stereocenters. The van der Waals surface area contributed by atoms with Crippen molar-refractivity contribution in [3.05, 3.63) is 29.3 Å². The molecule has 3 heteroatoms. The van der Waals surface area contributed by atoms with Crippen LogP contribution in [0.1, 0.15) is 36.5 Å². The molecule has 3 nitrogen and oxygen atoms in total. The smallest absolute Gasteiger partial charge is 0.125 e. The molecular weight excluding hydrogens is 214 g/mol. The summed E-state index contributed by atoms with van der Waals surface area (Å²) in [5, 5.41) is 2.16. The van der Waals surface area contributed by atoms with Crippen molar-refractivity contribution in [2.45, 2.75) is 38.3 Å². The second-order valence-corrected chi connectivity index (χ2v) is 4.96. The Kier molecular flexibility index (Phi) is 2.81. The SMILES string of the molecule is COc1cccc(C)c1[C@@H]1C[C@@H]2CCCN2O1. The monoisotopic (exact) mass is 233 g/mol. The third kappa shape index (κ3) is 1.83. The summed E-state index contributed by atoms with van der Waals surface area (Å²) in [5.41, 5.74) is 2.49. The fourth-order valence-electron chi connectivity index (χ4n) is 3.05. The number of benzene rings is 1. The summed E-state index contributed by atoms with van der Waals surface area (Å²) in [6, 6.07) is 6.80. The third-order valence-corrected chi connectivity index (χ3v) is 3.90. The maximum atomic E-state index is 6.05. The van der Waals surface area contributed by atoms with Gasteiger partial charge in [-0.05, 0) is 37.8 Å². The van der Waals surface area contributed by atoms with Crippen molar-refractivity contribution in [3.8, 4) is 5.75 Å². The minimum absolute atomic E-state index is 0.177. The van der Waals surface area contributed by atoms with Crippen LogP contribution in [0.15, 0.2) is 18.2 Å². The minimum Gasteiger partial charge on any atom is -0.496 e. The van der Waals surface area contributed by atoms with Crippen molar-refractivity contribution in [3.63, 3.8) is 0 Å². The van der Waals surface area contributed by atoms with Gasteiger partial charge in [0.25, 0.3) is 0 Å². The van der Waals surface area contributed by atoms with E-state index in [1.165, 1.54) is 24.0 Å². The lowest BCUT2D eigenvalue weighted by atomic mass is 9.97. The molecule has 1 aromatic carbocycles. The highest BCUT2D eigenvalue weighted by Gasteiger charge is 2.38. The average Bonchev–Trinajstić information content (AvgIpc) is 2.88. The van der Waals surface area contributed by atoms with Crippen LogP contribution in [0.4, 0.5) is 0 Å². The van der Waals surface area contributed by atoms with E-state index >= 15 is 0 Å². The molecule has 0 aromatic heterocycles. The molecule has 0 saturated carbocycles. The first kappa shape index (κ1) is 11.1. The summed E-state index contributed by atoms with van der Waals surface area (Å²) in [4.78, 5) is 6.05. The molecule has 0 N–H and O–H groups in total. The number of aryl methyl sites for hydroxylation is 1. The van der Waals surface area contributed by atoms with Gasteiger partial charge in [0.15, 0.2) is 0 Å². The Morgan fingerprint density at radius 3 is 3.06 bits per heavy atom. The number of fused-ring (bicyclic) bond motifs is 1. The van der Waals surface area contributed by atoms with Crippen molar-refractivity contribution in [2.24, 2.45) is 0 Å². The Morgan fingerprint density at radius 2 is 2.29 bits per heavy atom. The maximum absolute atomic E-state index is 6.05. The molecule has 0 amide bonds. The van der Waals surface area contributed by atoms with E-state index in [9.17, 15) is 0 Å². The molecule has 2 aliphatic rings. The summed E-state index contributed by atoms with van der Waals surface area (Å²) in [6.45, 7) is 3.21. The van der Waals surface area contributed by atoms with Gasteiger partial charge in [0.2, 0.25) is 0 Å². The highest BCUT2D eigenvalue weighted by atomic mass is 16.7. The van der Waals surface area contributed by atoms with Gasteiger partial charge in [0, 0.05) is 18.2 Å². The first-order valence-corrected chi connectivity index (χ1v) is 6.36. The fourth-order valence-corrected chi connectivity index (χ4v) is 3.05. The predicted octanol–water partition coefficient (Wildman–Crippen LogP) is 2.84. The van der Waals surface area contributed by atoms with Crippen molar-refractivity contribution in [1.82, 2.24) is 5.06 Å². The Labute approximate surface area is 102 Å². The Morgan fingerprint density at radius 1 is 1.41 bits per heavy atom.